The number of benzene rings is 1. The first kappa shape index (κ1) is 14.1. The van der Waals surface area contributed by atoms with Gasteiger partial charge in [0.1, 0.15) is 0 Å². The zero-order valence-corrected chi connectivity index (χ0v) is 11.2. The van der Waals surface area contributed by atoms with Crippen molar-refractivity contribution in [3.8, 4) is 11.5 Å². The van der Waals surface area contributed by atoms with Crippen molar-refractivity contribution in [2.75, 3.05) is 20.3 Å². The van der Waals surface area contributed by atoms with Crippen LogP contribution >= 0.6 is 12.4 Å². The molecule has 0 bridgehead atoms. The van der Waals surface area contributed by atoms with Crippen LogP contribution in [-0.4, -0.2) is 20.3 Å². The molecular weight excluding hydrogens is 238 g/mol. The van der Waals surface area contributed by atoms with Crippen molar-refractivity contribution in [2.24, 2.45) is 0 Å². The molecule has 1 saturated heterocycles. The van der Waals surface area contributed by atoms with Crippen LogP contribution in [0.4, 0.5) is 0 Å². The van der Waals surface area contributed by atoms with E-state index in [9.17, 15) is 0 Å². The molecule has 0 unspecified atom stereocenters. The molecule has 2 rings (SSSR count). The summed E-state index contributed by atoms with van der Waals surface area (Å²) in [6.45, 7) is 3.75. The van der Waals surface area contributed by atoms with E-state index >= 15 is 0 Å². The van der Waals surface area contributed by atoms with E-state index in [4.69, 9.17) is 9.47 Å². The molecular formula is C13H20ClNO2. The van der Waals surface area contributed by atoms with Crippen molar-refractivity contribution in [2.45, 2.75) is 25.8 Å². The van der Waals surface area contributed by atoms with Crippen molar-refractivity contribution in [3.63, 3.8) is 0 Å². The van der Waals surface area contributed by atoms with E-state index in [1.165, 1.54) is 18.4 Å². The summed E-state index contributed by atoms with van der Waals surface area (Å²) in [7, 11) is 1.68. The molecule has 1 heterocycles. The number of hydrogen-bond donors (Lipinski definition) is 1. The van der Waals surface area contributed by atoms with Crippen LogP contribution in [0, 0.1) is 0 Å². The molecule has 1 aliphatic heterocycles. The van der Waals surface area contributed by atoms with Gasteiger partial charge in [-0.3, -0.25) is 0 Å². The molecule has 1 atom stereocenters. The summed E-state index contributed by atoms with van der Waals surface area (Å²) in [4.78, 5) is 0. The number of methoxy groups -OCH3 is 1. The predicted octanol–water partition coefficient (Wildman–Crippen LogP) is 2.94. The molecule has 17 heavy (non-hydrogen) atoms. The van der Waals surface area contributed by atoms with E-state index in [0.717, 1.165) is 18.0 Å². The molecule has 0 aliphatic carbocycles. The molecule has 1 fully saturated rings. The van der Waals surface area contributed by atoms with E-state index in [1.54, 1.807) is 7.11 Å². The Hall–Kier alpha value is -0.930. The highest BCUT2D eigenvalue weighted by Crippen LogP contribution is 2.32. The quantitative estimate of drug-likeness (QED) is 0.900. The number of nitrogens with one attached hydrogen (secondary N) is 1. The molecule has 0 aromatic heterocycles. The van der Waals surface area contributed by atoms with Crippen molar-refractivity contribution in [3.05, 3.63) is 23.8 Å². The van der Waals surface area contributed by atoms with Gasteiger partial charge in [0.15, 0.2) is 11.5 Å². The Kier molecular flexibility index (Phi) is 5.59. The highest BCUT2D eigenvalue weighted by Gasteiger charge is 2.17. The zero-order valence-electron chi connectivity index (χ0n) is 10.4. The topological polar surface area (TPSA) is 30.5 Å². The summed E-state index contributed by atoms with van der Waals surface area (Å²) in [6.07, 6.45) is 2.46. The second kappa shape index (κ2) is 6.72. The minimum atomic E-state index is 0. The van der Waals surface area contributed by atoms with Gasteiger partial charge in [-0.25, -0.2) is 0 Å². The maximum absolute atomic E-state index is 5.50. The second-order valence-electron chi connectivity index (χ2n) is 3.99. The van der Waals surface area contributed by atoms with Crippen molar-refractivity contribution in [1.29, 1.82) is 0 Å². The first-order valence-electron chi connectivity index (χ1n) is 5.89. The smallest absolute Gasteiger partial charge is 0.161 e. The van der Waals surface area contributed by atoms with Crippen LogP contribution in [-0.2, 0) is 0 Å². The Balaban J connectivity index is 0.00000144. The van der Waals surface area contributed by atoms with Crippen LogP contribution in [0.5, 0.6) is 11.5 Å². The molecule has 1 aromatic carbocycles. The van der Waals surface area contributed by atoms with Crippen molar-refractivity contribution < 1.29 is 9.47 Å². The lowest BCUT2D eigenvalue weighted by molar-refractivity contribution is 0.310. The number of ether oxygens (including phenoxy) is 2. The third-order valence-corrected chi connectivity index (χ3v) is 2.95. The Morgan fingerprint density at radius 2 is 2.18 bits per heavy atom. The fourth-order valence-corrected chi connectivity index (χ4v) is 2.14. The SMILES string of the molecule is CCOc1ccc([C@@H]2CCCN2)cc1OC.Cl. The number of hydrogen-bond acceptors (Lipinski definition) is 3. The van der Waals surface area contributed by atoms with Gasteiger partial charge in [-0.15, -0.1) is 12.4 Å². The van der Waals surface area contributed by atoms with Crippen LogP contribution in [0.15, 0.2) is 18.2 Å². The van der Waals surface area contributed by atoms with Gasteiger partial charge in [-0.05, 0) is 44.0 Å². The summed E-state index contributed by atoms with van der Waals surface area (Å²) in [5.74, 6) is 1.65. The normalized spacial score (nSPS) is 18.6. The Labute approximate surface area is 109 Å². The minimum absolute atomic E-state index is 0. The molecule has 0 saturated carbocycles. The molecule has 0 radical (unpaired) electrons. The van der Waals surface area contributed by atoms with E-state index in [0.29, 0.717) is 12.6 Å². The highest BCUT2D eigenvalue weighted by molar-refractivity contribution is 5.85. The lowest BCUT2D eigenvalue weighted by Crippen LogP contribution is -2.12. The lowest BCUT2D eigenvalue weighted by atomic mass is 10.0. The van der Waals surface area contributed by atoms with Crippen LogP contribution < -0.4 is 14.8 Å². The summed E-state index contributed by atoms with van der Waals surface area (Å²) < 4.78 is 10.8. The number of rotatable bonds is 4. The van der Waals surface area contributed by atoms with Crippen molar-refractivity contribution >= 4 is 12.4 Å². The van der Waals surface area contributed by atoms with Crippen LogP contribution in [0.2, 0.25) is 0 Å². The Bertz CT molecular complexity index is 351. The standard InChI is InChI=1S/C13H19NO2.ClH/c1-3-16-12-7-6-10(9-13(12)15-2)11-5-4-8-14-11;/h6-7,9,11,14H,3-5,8H2,1-2H3;1H/t11-;/m0./s1. The van der Waals surface area contributed by atoms with E-state index in [-0.39, 0.29) is 12.4 Å². The monoisotopic (exact) mass is 257 g/mol. The molecule has 4 heteroatoms. The van der Waals surface area contributed by atoms with Gasteiger partial charge in [0.05, 0.1) is 13.7 Å². The van der Waals surface area contributed by atoms with Gasteiger partial charge in [0.2, 0.25) is 0 Å². The van der Waals surface area contributed by atoms with Gasteiger partial charge in [-0.2, -0.15) is 0 Å². The third kappa shape index (κ3) is 3.27. The molecule has 96 valence electrons. The molecule has 1 N–H and O–H groups in total. The molecule has 3 nitrogen and oxygen atoms in total. The second-order valence-corrected chi connectivity index (χ2v) is 3.99. The Morgan fingerprint density at radius 3 is 2.76 bits per heavy atom. The van der Waals surface area contributed by atoms with Crippen molar-refractivity contribution in [1.82, 2.24) is 5.32 Å². The van der Waals surface area contributed by atoms with Gasteiger partial charge in [-0.1, -0.05) is 6.07 Å². The van der Waals surface area contributed by atoms with Gasteiger partial charge < -0.3 is 14.8 Å². The summed E-state index contributed by atoms with van der Waals surface area (Å²) in [5.41, 5.74) is 1.29. The maximum atomic E-state index is 5.50. The molecule has 1 aliphatic rings. The average molecular weight is 258 g/mol. The molecule has 0 amide bonds. The summed E-state index contributed by atoms with van der Waals surface area (Å²) >= 11 is 0. The first-order valence-corrected chi connectivity index (χ1v) is 5.89. The fourth-order valence-electron chi connectivity index (χ4n) is 2.14. The predicted molar refractivity (Wildman–Crippen MR) is 71.4 cm³/mol. The van der Waals surface area contributed by atoms with Gasteiger partial charge >= 0.3 is 0 Å². The largest absolute Gasteiger partial charge is 0.493 e. The summed E-state index contributed by atoms with van der Waals surface area (Å²) in [6, 6.07) is 6.67. The average Bonchev–Trinajstić information content (AvgIpc) is 2.83. The number of halogens is 1. The van der Waals surface area contributed by atoms with Crippen LogP contribution in [0.1, 0.15) is 31.4 Å². The highest BCUT2D eigenvalue weighted by atomic mass is 35.5. The Morgan fingerprint density at radius 1 is 1.35 bits per heavy atom. The lowest BCUT2D eigenvalue weighted by Gasteiger charge is -2.14. The van der Waals surface area contributed by atoms with Crippen LogP contribution in [0.3, 0.4) is 0 Å². The minimum Gasteiger partial charge on any atom is -0.493 e. The first-order chi connectivity index (χ1) is 7.85. The van der Waals surface area contributed by atoms with Gasteiger partial charge in [0.25, 0.3) is 0 Å². The third-order valence-electron chi connectivity index (χ3n) is 2.95. The van der Waals surface area contributed by atoms with E-state index in [1.807, 2.05) is 13.0 Å². The van der Waals surface area contributed by atoms with E-state index < -0.39 is 0 Å². The van der Waals surface area contributed by atoms with Gasteiger partial charge in [0, 0.05) is 6.04 Å². The maximum Gasteiger partial charge on any atom is 0.161 e. The van der Waals surface area contributed by atoms with E-state index in [2.05, 4.69) is 17.4 Å². The van der Waals surface area contributed by atoms with Crippen LogP contribution in [0.25, 0.3) is 0 Å². The molecule has 0 spiro atoms. The molecule has 1 aromatic rings. The fraction of sp³-hybridized carbons (Fsp3) is 0.538. The summed E-state index contributed by atoms with van der Waals surface area (Å²) in [5, 5.41) is 3.48. The zero-order chi connectivity index (χ0) is 11.4.